The molecule has 1 aromatic heterocycles. The SMILES string of the molecule is Cc1cc(C)c(-n2ccn(-c3c(C)cc(C)cc3C)c2=NCC(=O)c2ccccc2)c(C)c1. The Morgan fingerprint density at radius 3 is 1.55 bits per heavy atom. The molecule has 0 aliphatic heterocycles. The molecule has 0 fully saturated rings. The molecule has 0 saturated carbocycles. The van der Waals surface area contributed by atoms with Crippen molar-refractivity contribution in [1.82, 2.24) is 9.13 Å². The lowest BCUT2D eigenvalue weighted by Gasteiger charge is -2.15. The molecule has 4 aromatic rings. The molecule has 33 heavy (non-hydrogen) atoms. The molecule has 0 unspecified atom stereocenters. The lowest BCUT2D eigenvalue weighted by atomic mass is 10.0. The average molecular weight is 438 g/mol. The average Bonchev–Trinajstić information content (AvgIpc) is 3.14. The molecule has 0 N–H and O–H groups in total. The number of imidazole rings is 1. The van der Waals surface area contributed by atoms with Crippen LogP contribution >= 0.6 is 0 Å². The molecule has 0 atom stereocenters. The summed E-state index contributed by atoms with van der Waals surface area (Å²) in [7, 11) is 0. The van der Waals surface area contributed by atoms with Gasteiger partial charge in [0.1, 0.15) is 6.54 Å². The zero-order valence-electron chi connectivity index (χ0n) is 20.3. The van der Waals surface area contributed by atoms with Crippen LogP contribution in [0.25, 0.3) is 11.4 Å². The number of ketones is 1. The number of nitrogens with zero attached hydrogens (tertiary/aromatic N) is 3. The van der Waals surface area contributed by atoms with E-state index >= 15 is 0 Å². The molecule has 168 valence electrons. The number of hydrogen-bond donors (Lipinski definition) is 0. The van der Waals surface area contributed by atoms with Gasteiger partial charge in [-0.2, -0.15) is 0 Å². The summed E-state index contributed by atoms with van der Waals surface area (Å²) in [5.41, 5.74) is 10.8. The number of benzene rings is 3. The lowest BCUT2D eigenvalue weighted by molar-refractivity contribution is 0.100. The number of carbonyl (C=O) groups is 1. The van der Waals surface area contributed by atoms with Crippen LogP contribution < -0.4 is 5.62 Å². The quantitative estimate of drug-likeness (QED) is 0.358. The number of aromatic nitrogens is 2. The minimum absolute atomic E-state index is 0.00426. The maximum atomic E-state index is 12.9. The highest BCUT2D eigenvalue weighted by Gasteiger charge is 2.15. The fourth-order valence-electron chi connectivity index (χ4n) is 4.85. The fourth-order valence-corrected chi connectivity index (χ4v) is 4.85. The summed E-state index contributed by atoms with van der Waals surface area (Å²) in [6.45, 7) is 12.8. The molecule has 0 spiro atoms. The molecule has 3 aromatic carbocycles. The zero-order valence-corrected chi connectivity index (χ0v) is 20.3. The van der Waals surface area contributed by atoms with E-state index in [1.165, 1.54) is 33.4 Å². The molecule has 0 bridgehead atoms. The molecule has 4 heteroatoms. The van der Waals surface area contributed by atoms with Crippen LogP contribution in [0.2, 0.25) is 0 Å². The van der Waals surface area contributed by atoms with Gasteiger partial charge in [-0.25, -0.2) is 4.99 Å². The lowest BCUT2D eigenvalue weighted by Crippen LogP contribution is -2.27. The summed E-state index contributed by atoms with van der Waals surface area (Å²) in [5, 5.41) is 0. The second-order valence-corrected chi connectivity index (χ2v) is 8.94. The first-order valence-corrected chi connectivity index (χ1v) is 11.3. The predicted molar refractivity (Wildman–Crippen MR) is 135 cm³/mol. The third-order valence-corrected chi connectivity index (χ3v) is 6.01. The molecule has 0 saturated heterocycles. The summed E-state index contributed by atoms with van der Waals surface area (Å²) in [6.07, 6.45) is 4.10. The highest BCUT2D eigenvalue weighted by Crippen LogP contribution is 2.23. The third-order valence-electron chi connectivity index (χ3n) is 6.01. The maximum Gasteiger partial charge on any atom is 0.214 e. The number of aryl methyl sites for hydroxylation is 6. The summed E-state index contributed by atoms with van der Waals surface area (Å²) >= 11 is 0. The Morgan fingerprint density at radius 1 is 0.697 bits per heavy atom. The third kappa shape index (κ3) is 4.47. The van der Waals surface area contributed by atoms with Crippen LogP contribution in [0, 0.1) is 41.5 Å². The Labute approximate surface area is 195 Å². The smallest absolute Gasteiger partial charge is 0.214 e. The number of rotatable bonds is 5. The largest absolute Gasteiger partial charge is 0.292 e. The summed E-state index contributed by atoms with van der Waals surface area (Å²) in [5.74, 6) is 0.00426. The highest BCUT2D eigenvalue weighted by atomic mass is 16.1. The Kier molecular flexibility index (Phi) is 6.19. The molecule has 4 nitrogen and oxygen atoms in total. The van der Waals surface area contributed by atoms with Gasteiger partial charge in [0.15, 0.2) is 5.78 Å². The van der Waals surface area contributed by atoms with Crippen LogP contribution in [0.3, 0.4) is 0 Å². The Morgan fingerprint density at radius 2 is 1.12 bits per heavy atom. The topological polar surface area (TPSA) is 39.3 Å². The van der Waals surface area contributed by atoms with Crippen molar-refractivity contribution in [1.29, 1.82) is 0 Å². The van der Waals surface area contributed by atoms with Gasteiger partial charge in [0.2, 0.25) is 5.62 Å². The van der Waals surface area contributed by atoms with E-state index in [4.69, 9.17) is 4.99 Å². The van der Waals surface area contributed by atoms with Crippen LogP contribution in [0.5, 0.6) is 0 Å². The van der Waals surface area contributed by atoms with Crippen molar-refractivity contribution in [2.45, 2.75) is 41.5 Å². The van der Waals surface area contributed by atoms with Gasteiger partial charge in [-0.3, -0.25) is 13.9 Å². The molecule has 4 rings (SSSR count). The fraction of sp³-hybridized carbons (Fsp3) is 0.241. The first-order chi connectivity index (χ1) is 15.8. The van der Waals surface area contributed by atoms with Gasteiger partial charge >= 0.3 is 0 Å². The van der Waals surface area contributed by atoms with Crippen molar-refractivity contribution < 1.29 is 4.79 Å². The van der Waals surface area contributed by atoms with Crippen LogP contribution in [0.4, 0.5) is 0 Å². The van der Waals surface area contributed by atoms with Crippen LogP contribution in [0.15, 0.2) is 72.0 Å². The van der Waals surface area contributed by atoms with Gasteiger partial charge < -0.3 is 0 Å². The van der Waals surface area contributed by atoms with Crippen LogP contribution in [-0.4, -0.2) is 21.5 Å². The molecule has 1 heterocycles. The first-order valence-electron chi connectivity index (χ1n) is 11.3. The van der Waals surface area contributed by atoms with Gasteiger partial charge in [-0.1, -0.05) is 65.7 Å². The van der Waals surface area contributed by atoms with Crippen LogP contribution in [-0.2, 0) is 0 Å². The summed E-state index contributed by atoms with van der Waals surface area (Å²) in [6, 6.07) is 18.1. The number of Topliss-reactive ketones (excluding diaryl/α,β-unsaturated/α-hetero) is 1. The van der Waals surface area contributed by atoms with Crippen molar-refractivity contribution in [3.63, 3.8) is 0 Å². The minimum atomic E-state index is 0.00426. The van der Waals surface area contributed by atoms with E-state index in [1.807, 2.05) is 30.3 Å². The summed E-state index contributed by atoms with van der Waals surface area (Å²) < 4.78 is 4.22. The van der Waals surface area contributed by atoms with Gasteiger partial charge in [-0.15, -0.1) is 0 Å². The van der Waals surface area contributed by atoms with E-state index in [9.17, 15) is 4.79 Å². The molecule has 0 aliphatic carbocycles. The van der Waals surface area contributed by atoms with Gasteiger partial charge in [0.25, 0.3) is 0 Å². The van der Waals surface area contributed by atoms with E-state index in [-0.39, 0.29) is 12.3 Å². The highest BCUT2D eigenvalue weighted by molar-refractivity contribution is 5.97. The normalized spacial score (nSPS) is 11.0. The van der Waals surface area contributed by atoms with Gasteiger partial charge in [0.05, 0.1) is 11.4 Å². The van der Waals surface area contributed by atoms with Gasteiger partial charge in [0, 0.05) is 18.0 Å². The van der Waals surface area contributed by atoms with Crippen LogP contribution in [0.1, 0.15) is 43.7 Å². The second kappa shape index (κ2) is 9.07. The molecular weight excluding hydrogens is 406 g/mol. The summed E-state index contributed by atoms with van der Waals surface area (Å²) in [4.78, 5) is 17.8. The van der Waals surface area contributed by atoms with Crippen molar-refractivity contribution in [3.8, 4) is 11.4 Å². The van der Waals surface area contributed by atoms with Crippen molar-refractivity contribution in [2.24, 2.45) is 4.99 Å². The number of hydrogen-bond acceptors (Lipinski definition) is 2. The van der Waals surface area contributed by atoms with Crippen molar-refractivity contribution >= 4 is 5.78 Å². The monoisotopic (exact) mass is 437 g/mol. The Balaban J connectivity index is 1.94. The van der Waals surface area contributed by atoms with E-state index in [1.54, 1.807) is 0 Å². The first kappa shape index (κ1) is 22.5. The molecule has 0 radical (unpaired) electrons. The Bertz CT molecular complexity index is 1280. The van der Waals surface area contributed by atoms with Crippen molar-refractivity contribution in [3.05, 3.63) is 112 Å². The van der Waals surface area contributed by atoms with Gasteiger partial charge in [-0.05, 0) is 63.8 Å². The predicted octanol–water partition coefficient (Wildman–Crippen LogP) is 5.90. The van der Waals surface area contributed by atoms with Crippen molar-refractivity contribution in [2.75, 3.05) is 6.54 Å². The molecule has 0 aliphatic rings. The molecular formula is C29H31N3O. The van der Waals surface area contributed by atoms with E-state index in [2.05, 4.69) is 87.3 Å². The standard InChI is InChI=1S/C29H31N3O/c1-19-14-21(3)27(22(4)15-19)31-12-13-32(28-23(5)16-20(2)17-24(28)6)29(31)30-18-26(33)25-10-8-7-9-11-25/h7-17H,18H2,1-6H3. The maximum absolute atomic E-state index is 12.9. The minimum Gasteiger partial charge on any atom is -0.292 e. The van der Waals surface area contributed by atoms with E-state index < -0.39 is 0 Å². The molecule has 0 amide bonds. The zero-order chi connectivity index (χ0) is 23.7. The second-order valence-electron chi connectivity index (χ2n) is 8.94. The number of carbonyl (C=O) groups excluding carboxylic acids is 1. The van der Waals surface area contributed by atoms with E-state index in [0.29, 0.717) is 5.56 Å². The Hall–Kier alpha value is -3.66. The van der Waals surface area contributed by atoms with E-state index in [0.717, 1.165) is 17.0 Å².